The van der Waals surface area contributed by atoms with E-state index in [9.17, 15) is 4.79 Å². The summed E-state index contributed by atoms with van der Waals surface area (Å²) >= 11 is 5.31. The molecule has 0 radical (unpaired) electrons. The lowest BCUT2D eigenvalue weighted by Crippen LogP contribution is -2.27. The number of ether oxygens (including phenoxy) is 2. The Morgan fingerprint density at radius 2 is 1.76 bits per heavy atom. The van der Waals surface area contributed by atoms with Crippen molar-refractivity contribution < 1.29 is 14.3 Å². The fourth-order valence-electron chi connectivity index (χ4n) is 3.62. The van der Waals surface area contributed by atoms with Crippen molar-refractivity contribution in [2.24, 2.45) is 0 Å². The van der Waals surface area contributed by atoms with Crippen LogP contribution >= 0.6 is 27.7 Å². The number of amides is 1. The van der Waals surface area contributed by atoms with Gasteiger partial charge in [0.25, 0.3) is 5.91 Å². The molecule has 1 aromatic heterocycles. The lowest BCUT2D eigenvalue weighted by molar-refractivity contribution is 0.0952. The smallest absolute Gasteiger partial charge is 0.251 e. The highest BCUT2D eigenvalue weighted by Crippen LogP contribution is 2.32. The SMILES string of the molecule is COc1ccc(C(=O)NCCn2cc(SCc3ccc(Br)cc3)c3ccccc32)cc1OC. The first-order chi connectivity index (χ1) is 16.1. The first kappa shape index (κ1) is 23.3. The molecule has 7 heteroatoms. The van der Waals surface area contributed by atoms with E-state index in [-0.39, 0.29) is 5.91 Å². The zero-order valence-electron chi connectivity index (χ0n) is 18.5. The summed E-state index contributed by atoms with van der Waals surface area (Å²) in [7, 11) is 3.13. The van der Waals surface area contributed by atoms with Crippen LogP contribution < -0.4 is 14.8 Å². The van der Waals surface area contributed by atoms with Gasteiger partial charge in [-0.15, -0.1) is 11.8 Å². The summed E-state index contributed by atoms with van der Waals surface area (Å²) in [6, 6.07) is 22.0. The third kappa shape index (κ3) is 5.54. The van der Waals surface area contributed by atoms with Crippen molar-refractivity contribution in [3.8, 4) is 11.5 Å². The van der Waals surface area contributed by atoms with Gasteiger partial charge in [0.2, 0.25) is 0 Å². The van der Waals surface area contributed by atoms with Crippen molar-refractivity contribution >= 4 is 44.5 Å². The van der Waals surface area contributed by atoms with Gasteiger partial charge in [0.05, 0.1) is 14.2 Å². The van der Waals surface area contributed by atoms with Gasteiger partial charge in [-0.2, -0.15) is 0 Å². The first-order valence-electron chi connectivity index (χ1n) is 10.5. The van der Waals surface area contributed by atoms with Gasteiger partial charge in [-0.1, -0.05) is 46.3 Å². The molecule has 0 bridgehead atoms. The third-order valence-electron chi connectivity index (χ3n) is 5.34. The number of hydrogen-bond acceptors (Lipinski definition) is 4. The lowest BCUT2D eigenvalue weighted by atomic mass is 10.2. The highest BCUT2D eigenvalue weighted by molar-refractivity contribution is 9.10. The normalized spacial score (nSPS) is 10.9. The first-order valence-corrected chi connectivity index (χ1v) is 12.3. The van der Waals surface area contributed by atoms with E-state index in [1.54, 1.807) is 32.4 Å². The maximum atomic E-state index is 12.6. The molecule has 170 valence electrons. The summed E-state index contributed by atoms with van der Waals surface area (Å²) in [6.07, 6.45) is 2.18. The zero-order chi connectivity index (χ0) is 23.2. The van der Waals surface area contributed by atoms with Crippen LogP contribution in [0.2, 0.25) is 0 Å². The molecule has 0 spiro atoms. The van der Waals surface area contributed by atoms with Crippen LogP contribution in [-0.4, -0.2) is 31.2 Å². The van der Waals surface area contributed by atoms with Gasteiger partial charge in [0.1, 0.15) is 0 Å². The summed E-state index contributed by atoms with van der Waals surface area (Å²) in [6.45, 7) is 1.20. The Kier molecular flexibility index (Phi) is 7.62. The Morgan fingerprint density at radius 1 is 1.00 bits per heavy atom. The number of thioether (sulfide) groups is 1. The lowest BCUT2D eigenvalue weighted by Gasteiger charge is -2.10. The van der Waals surface area contributed by atoms with Gasteiger partial charge in [-0.3, -0.25) is 4.79 Å². The van der Waals surface area contributed by atoms with E-state index < -0.39 is 0 Å². The van der Waals surface area contributed by atoms with Gasteiger partial charge in [-0.05, 0) is 42.0 Å². The molecular formula is C26H25BrN2O3S. The number of hydrogen-bond donors (Lipinski definition) is 1. The Balaban J connectivity index is 1.42. The van der Waals surface area contributed by atoms with Crippen molar-refractivity contribution in [2.75, 3.05) is 20.8 Å². The van der Waals surface area contributed by atoms with Crippen molar-refractivity contribution in [2.45, 2.75) is 17.2 Å². The van der Waals surface area contributed by atoms with Crippen LogP contribution in [0, 0.1) is 0 Å². The number of para-hydroxylation sites is 1. The molecule has 0 aliphatic rings. The second kappa shape index (κ2) is 10.8. The number of fused-ring (bicyclic) bond motifs is 1. The topological polar surface area (TPSA) is 52.5 Å². The zero-order valence-corrected chi connectivity index (χ0v) is 20.9. The maximum Gasteiger partial charge on any atom is 0.251 e. The van der Waals surface area contributed by atoms with Crippen molar-refractivity contribution in [3.05, 3.63) is 88.5 Å². The summed E-state index contributed by atoms with van der Waals surface area (Å²) < 4.78 is 13.8. The molecule has 1 N–H and O–H groups in total. The largest absolute Gasteiger partial charge is 0.493 e. The summed E-state index contributed by atoms with van der Waals surface area (Å²) in [5.41, 5.74) is 2.98. The van der Waals surface area contributed by atoms with Crippen LogP contribution in [0.5, 0.6) is 11.5 Å². The summed E-state index contributed by atoms with van der Waals surface area (Å²) in [4.78, 5) is 13.9. The third-order valence-corrected chi connectivity index (χ3v) is 6.99. The number of carbonyl (C=O) groups is 1. The number of carbonyl (C=O) groups excluding carboxylic acids is 1. The number of rotatable bonds is 9. The van der Waals surface area contributed by atoms with E-state index in [0.29, 0.717) is 30.2 Å². The number of halogens is 1. The molecule has 0 atom stereocenters. The van der Waals surface area contributed by atoms with Crippen LogP contribution in [0.25, 0.3) is 10.9 Å². The molecule has 4 aromatic rings. The molecule has 0 saturated carbocycles. The molecule has 1 heterocycles. The van der Waals surface area contributed by atoms with Gasteiger partial charge < -0.3 is 19.4 Å². The molecule has 4 rings (SSSR count). The molecule has 5 nitrogen and oxygen atoms in total. The number of aromatic nitrogens is 1. The Bertz CT molecular complexity index is 1250. The van der Waals surface area contributed by atoms with Crippen LogP contribution in [0.15, 0.2) is 82.3 Å². The molecule has 0 saturated heterocycles. The quantitative estimate of drug-likeness (QED) is 0.267. The predicted molar refractivity (Wildman–Crippen MR) is 138 cm³/mol. The summed E-state index contributed by atoms with van der Waals surface area (Å²) in [5.74, 6) is 1.89. The van der Waals surface area contributed by atoms with Crippen LogP contribution in [0.4, 0.5) is 0 Å². The monoisotopic (exact) mass is 524 g/mol. The second-order valence-electron chi connectivity index (χ2n) is 7.44. The average molecular weight is 525 g/mol. The van der Waals surface area contributed by atoms with E-state index in [1.165, 1.54) is 15.8 Å². The van der Waals surface area contributed by atoms with Gasteiger partial charge >= 0.3 is 0 Å². The number of methoxy groups -OCH3 is 2. The highest BCUT2D eigenvalue weighted by atomic mass is 79.9. The molecular weight excluding hydrogens is 500 g/mol. The highest BCUT2D eigenvalue weighted by Gasteiger charge is 2.12. The minimum absolute atomic E-state index is 0.141. The van der Waals surface area contributed by atoms with Crippen LogP contribution in [-0.2, 0) is 12.3 Å². The van der Waals surface area contributed by atoms with E-state index in [1.807, 2.05) is 17.8 Å². The standard InChI is InChI=1S/C26H25BrN2O3S/c1-31-23-12-9-19(15-24(23)32-2)26(30)28-13-14-29-16-25(21-5-3-4-6-22(21)29)33-17-18-7-10-20(27)11-8-18/h3-12,15-16H,13-14,17H2,1-2H3,(H,28,30). The van der Waals surface area contributed by atoms with E-state index >= 15 is 0 Å². The average Bonchev–Trinajstić information content (AvgIpc) is 3.20. The second-order valence-corrected chi connectivity index (χ2v) is 9.38. The van der Waals surface area contributed by atoms with Crippen LogP contribution in [0.1, 0.15) is 15.9 Å². The van der Waals surface area contributed by atoms with Gasteiger partial charge in [0.15, 0.2) is 11.5 Å². The maximum absolute atomic E-state index is 12.6. The van der Waals surface area contributed by atoms with E-state index in [2.05, 4.69) is 74.5 Å². The fraction of sp³-hybridized carbons (Fsp3) is 0.192. The van der Waals surface area contributed by atoms with E-state index in [0.717, 1.165) is 15.7 Å². The Hall–Kier alpha value is -2.90. The molecule has 0 fully saturated rings. The van der Waals surface area contributed by atoms with Crippen molar-refractivity contribution in [3.63, 3.8) is 0 Å². The number of nitrogens with zero attached hydrogens (tertiary/aromatic N) is 1. The summed E-state index contributed by atoms with van der Waals surface area (Å²) in [5, 5.41) is 4.23. The fourth-order valence-corrected chi connectivity index (χ4v) is 4.93. The van der Waals surface area contributed by atoms with Gasteiger partial charge in [0, 0.05) is 50.9 Å². The minimum atomic E-state index is -0.141. The molecule has 0 unspecified atom stereocenters. The molecule has 1 amide bonds. The predicted octanol–water partition coefficient (Wildman–Crippen LogP) is 6.14. The molecule has 0 aliphatic heterocycles. The molecule has 3 aromatic carbocycles. The van der Waals surface area contributed by atoms with Crippen molar-refractivity contribution in [1.82, 2.24) is 9.88 Å². The minimum Gasteiger partial charge on any atom is -0.493 e. The van der Waals surface area contributed by atoms with Crippen LogP contribution in [0.3, 0.4) is 0 Å². The molecule has 0 aliphatic carbocycles. The number of benzene rings is 3. The van der Waals surface area contributed by atoms with Gasteiger partial charge in [-0.25, -0.2) is 0 Å². The van der Waals surface area contributed by atoms with Crippen molar-refractivity contribution in [1.29, 1.82) is 0 Å². The molecule has 33 heavy (non-hydrogen) atoms. The Morgan fingerprint density at radius 3 is 2.52 bits per heavy atom. The Labute approximate surface area is 206 Å². The van der Waals surface area contributed by atoms with E-state index in [4.69, 9.17) is 9.47 Å². The number of nitrogens with one attached hydrogen (secondary N) is 1.